The van der Waals surface area contributed by atoms with Crippen LogP contribution in [0.3, 0.4) is 0 Å². The van der Waals surface area contributed by atoms with Crippen LogP contribution in [-0.2, 0) is 16.1 Å². The molecular weight excluding hydrogens is 600 g/mol. The van der Waals surface area contributed by atoms with Gasteiger partial charge in [0.2, 0.25) is 11.8 Å². The number of para-hydroxylation sites is 2. The van der Waals surface area contributed by atoms with Crippen molar-refractivity contribution < 1.29 is 14.4 Å². The van der Waals surface area contributed by atoms with Gasteiger partial charge >= 0.3 is 6.03 Å². The summed E-state index contributed by atoms with van der Waals surface area (Å²) in [6.07, 6.45) is 7.06. The molecule has 3 atom stereocenters. The molecule has 3 N–H and O–H groups in total. The Morgan fingerprint density at radius 3 is 2.42 bits per heavy atom. The van der Waals surface area contributed by atoms with Crippen molar-refractivity contribution in [3.63, 3.8) is 0 Å². The maximum absolute atomic E-state index is 14.2. The third kappa shape index (κ3) is 8.70. The monoisotopic (exact) mass is 658 g/mol. The molecule has 3 aliphatic rings. The summed E-state index contributed by atoms with van der Waals surface area (Å²) in [6, 6.07) is 15.3. The number of urea groups is 1. The summed E-state index contributed by atoms with van der Waals surface area (Å²) < 4.78 is 0. The number of nitrogens with two attached hydrogens (primary N) is 1. The molecule has 2 aromatic rings. The zero-order chi connectivity index (χ0) is 34.4. The molecule has 3 heterocycles. The van der Waals surface area contributed by atoms with Crippen LogP contribution in [0.25, 0.3) is 0 Å². The minimum absolute atomic E-state index is 0.0218. The first-order valence-electron chi connectivity index (χ1n) is 18.3. The molecule has 9 nitrogen and oxygen atoms in total. The molecule has 4 amide bonds. The van der Waals surface area contributed by atoms with Crippen molar-refractivity contribution in [3.8, 4) is 0 Å². The van der Waals surface area contributed by atoms with E-state index in [2.05, 4.69) is 69.1 Å². The number of fused-ring (bicyclic) bond motifs is 1. The van der Waals surface area contributed by atoms with Gasteiger partial charge in [-0.15, -0.1) is 0 Å². The topological polar surface area (TPSA) is 102 Å². The Labute approximate surface area is 288 Å². The van der Waals surface area contributed by atoms with Crippen molar-refractivity contribution in [2.24, 2.45) is 17.1 Å². The lowest BCUT2D eigenvalue weighted by Crippen LogP contribution is -2.52. The van der Waals surface area contributed by atoms with Crippen molar-refractivity contribution in [2.75, 3.05) is 42.9 Å². The Bertz CT molecular complexity index is 1410. The van der Waals surface area contributed by atoms with E-state index in [-0.39, 0.29) is 41.8 Å². The molecule has 0 radical (unpaired) electrons. The van der Waals surface area contributed by atoms with E-state index in [1.165, 1.54) is 31.4 Å². The zero-order valence-corrected chi connectivity index (χ0v) is 29.9. The van der Waals surface area contributed by atoms with Gasteiger partial charge in [-0.1, -0.05) is 70.5 Å². The summed E-state index contributed by atoms with van der Waals surface area (Å²) in [5.74, 6) is 0.504. The number of rotatable bonds is 10. The number of nitrogens with one attached hydrogen (secondary N) is 1. The molecule has 0 spiro atoms. The van der Waals surface area contributed by atoms with Crippen molar-refractivity contribution in [3.05, 3.63) is 59.7 Å². The lowest BCUT2D eigenvalue weighted by Gasteiger charge is -2.41. The third-order valence-corrected chi connectivity index (χ3v) is 10.8. The number of hydrogen-bond acceptors (Lipinski definition) is 5. The van der Waals surface area contributed by atoms with Gasteiger partial charge in [-0.05, 0) is 80.0 Å². The van der Waals surface area contributed by atoms with Crippen LogP contribution in [0.15, 0.2) is 48.5 Å². The highest BCUT2D eigenvalue weighted by atomic mass is 16.2. The molecule has 0 bridgehead atoms. The molecule has 48 heavy (non-hydrogen) atoms. The summed E-state index contributed by atoms with van der Waals surface area (Å²) in [4.78, 5) is 48.7. The van der Waals surface area contributed by atoms with Crippen molar-refractivity contribution >= 4 is 29.2 Å². The van der Waals surface area contributed by atoms with Crippen LogP contribution in [0, 0.1) is 11.3 Å². The Hall–Kier alpha value is -3.59. The molecule has 0 aliphatic carbocycles. The Morgan fingerprint density at radius 1 is 0.979 bits per heavy atom. The van der Waals surface area contributed by atoms with E-state index in [0.717, 1.165) is 42.2 Å². The average Bonchev–Trinajstić information content (AvgIpc) is 3.33. The van der Waals surface area contributed by atoms with E-state index in [1.807, 2.05) is 39.0 Å². The van der Waals surface area contributed by atoms with Gasteiger partial charge in [0.05, 0.1) is 18.5 Å². The number of amides is 4. The fourth-order valence-corrected chi connectivity index (χ4v) is 7.62. The largest absolute Gasteiger partial charge is 0.371 e. The second-order valence-electron chi connectivity index (χ2n) is 15.4. The minimum Gasteiger partial charge on any atom is -0.371 e. The highest BCUT2D eigenvalue weighted by Gasteiger charge is 2.35. The molecule has 9 heteroatoms. The van der Waals surface area contributed by atoms with Crippen LogP contribution in [0.5, 0.6) is 0 Å². The molecule has 2 aromatic carbocycles. The third-order valence-electron chi connectivity index (χ3n) is 10.8. The first-order valence-corrected chi connectivity index (χ1v) is 18.3. The lowest BCUT2D eigenvalue weighted by molar-refractivity contribution is -0.140. The Kier molecular flexibility index (Phi) is 11.7. The SMILES string of the molecule is CCC1CCCN(c2ccccc2[C@H](C)N(CCC(C)(C)C)C(=O)[C@@H](N)CC(=O)N2CCC(N3Cc4ccccc4NC3=O)CC2)CC1. The van der Waals surface area contributed by atoms with E-state index < -0.39 is 6.04 Å². The van der Waals surface area contributed by atoms with Gasteiger partial charge in [0.25, 0.3) is 0 Å². The first-order chi connectivity index (χ1) is 22.9. The zero-order valence-electron chi connectivity index (χ0n) is 29.9. The second-order valence-corrected chi connectivity index (χ2v) is 15.4. The summed E-state index contributed by atoms with van der Waals surface area (Å²) in [6.45, 7) is 15.3. The van der Waals surface area contributed by atoms with Crippen molar-refractivity contribution in [1.82, 2.24) is 14.7 Å². The lowest BCUT2D eigenvalue weighted by atomic mass is 9.91. The molecule has 1 unspecified atom stereocenters. The summed E-state index contributed by atoms with van der Waals surface area (Å²) in [7, 11) is 0. The predicted molar refractivity (Wildman–Crippen MR) is 194 cm³/mol. The summed E-state index contributed by atoms with van der Waals surface area (Å²) in [5.41, 5.74) is 11.0. The van der Waals surface area contributed by atoms with Crippen LogP contribution in [0.2, 0.25) is 0 Å². The second kappa shape index (κ2) is 15.7. The minimum atomic E-state index is -0.919. The molecule has 2 saturated heterocycles. The van der Waals surface area contributed by atoms with Crippen LogP contribution < -0.4 is 16.0 Å². The van der Waals surface area contributed by atoms with Crippen molar-refractivity contribution in [2.45, 2.75) is 111 Å². The number of carbonyl (C=O) groups is 3. The molecule has 0 saturated carbocycles. The van der Waals surface area contributed by atoms with E-state index in [1.54, 1.807) is 0 Å². The van der Waals surface area contributed by atoms with Gasteiger partial charge in [-0.25, -0.2) is 4.79 Å². The van der Waals surface area contributed by atoms with Crippen LogP contribution in [0.1, 0.15) is 103 Å². The number of benzene rings is 2. The Balaban J connectivity index is 1.23. The molecular formula is C39H58N6O3. The van der Waals surface area contributed by atoms with Gasteiger partial charge in [0.1, 0.15) is 0 Å². The number of hydrogen-bond donors (Lipinski definition) is 2. The van der Waals surface area contributed by atoms with E-state index in [4.69, 9.17) is 5.73 Å². The highest BCUT2D eigenvalue weighted by molar-refractivity contribution is 5.92. The number of nitrogens with zero attached hydrogens (tertiary/aromatic N) is 4. The average molecular weight is 659 g/mol. The number of carbonyl (C=O) groups excluding carboxylic acids is 3. The number of piperidine rings is 1. The fraction of sp³-hybridized carbons (Fsp3) is 0.615. The molecule has 2 fully saturated rings. The van der Waals surface area contributed by atoms with Gasteiger partial charge < -0.3 is 30.7 Å². The number of anilines is 2. The summed E-state index contributed by atoms with van der Waals surface area (Å²) in [5, 5.41) is 3.00. The van der Waals surface area contributed by atoms with Crippen LogP contribution in [0.4, 0.5) is 16.2 Å². The summed E-state index contributed by atoms with van der Waals surface area (Å²) >= 11 is 0. The quantitative estimate of drug-likeness (QED) is 0.293. The molecule has 5 rings (SSSR count). The predicted octanol–water partition coefficient (Wildman–Crippen LogP) is 6.79. The molecule has 0 aromatic heterocycles. The van der Waals surface area contributed by atoms with E-state index >= 15 is 0 Å². The van der Waals surface area contributed by atoms with Gasteiger partial charge in [-0.3, -0.25) is 9.59 Å². The standard InChI is InChI=1S/C39H58N6O3/c1-6-29-12-11-21-42(22-17-29)35-16-10-8-14-32(35)28(2)44(25-20-39(3,4)5)37(47)33(40)26-36(46)43-23-18-31(19-24-43)45-27-30-13-7-9-15-34(30)41-38(45)48/h7-10,13-16,28-29,31,33H,6,11-12,17-27,40H2,1-5H3,(H,41,48)/t28-,29?,33-/m0/s1. The van der Waals surface area contributed by atoms with Crippen molar-refractivity contribution in [1.29, 1.82) is 0 Å². The maximum Gasteiger partial charge on any atom is 0.322 e. The van der Waals surface area contributed by atoms with Crippen LogP contribution >= 0.6 is 0 Å². The maximum atomic E-state index is 14.2. The fourth-order valence-electron chi connectivity index (χ4n) is 7.62. The molecule has 3 aliphatic heterocycles. The van der Waals surface area contributed by atoms with E-state index in [0.29, 0.717) is 39.0 Å². The first kappa shape index (κ1) is 35.7. The normalized spacial score (nSPS) is 20.4. The van der Waals surface area contributed by atoms with Gasteiger partial charge in [-0.2, -0.15) is 0 Å². The smallest absolute Gasteiger partial charge is 0.322 e. The van der Waals surface area contributed by atoms with Crippen LogP contribution in [-0.4, -0.2) is 77.4 Å². The van der Waals surface area contributed by atoms with E-state index in [9.17, 15) is 14.4 Å². The Morgan fingerprint density at radius 2 is 1.69 bits per heavy atom. The van der Waals surface area contributed by atoms with Gasteiger partial charge in [0.15, 0.2) is 0 Å². The molecule has 262 valence electrons. The number of likely N-dealkylation sites (tertiary alicyclic amines) is 1. The van der Waals surface area contributed by atoms with Gasteiger partial charge in [0, 0.05) is 56.7 Å². The highest BCUT2D eigenvalue weighted by Crippen LogP contribution is 2.34.